The maximum Gasteiger partial charge on any atom is 0.240 e. The van der Waals surface area contributed by atoms with Crippen LogP contribution in [0.25, 0.3) is 0 Å². The molecule has 1 atom stereocenters. The second-order valence-corrected chi connectivity index (χ2v) is 4.66. The Bertz CT molecular complexity index is 383. The molecule has 5 heteroatoms. The summed E-state index contributed by atoms with van der Waals surface area (Å²) in [6.07, 6.45) is 5.20. The third-order valence-electron chi connectivity index (χ3n) is 3.16. The molecule has 2 amide bonds. The fourth-order valence-electron chi connectivity index (χ4n) is 2.18. The van der Waals surface area contributed by atoms with E-state index >= 15 is 0 Å². The molecule has 20 heavy (non-hydrogen) atoms. The lowest BCUT2D eigenvalue weighted by Crippen LogP contribution is -2.56. The maximum absolute atomic E-state index is 12.2. The van der Waals surface area contributed by atoms with Crippen LogP contribution in [0, 0.1) is 0 Å². The molecule has 0 aromatic carbocycles. The minimum atomic E-state index is -0.451. The molecular weight excluding hydrogens is 254 g/mol. The van der Waals surface area contributed by atoms with Crippen LogP contribution in [0.1, 0.15) is 6.42 Å². The number of carbonyl (C=O) groups excluding carboxylic acids is 2. The zero-order valence-electron chi connectivity index (χ0n) is 11.9. The van der Waals surface area contributed by atoms with E-state index in [0.717, 1.165) is 0 Å². The first-order valence-electron chi connectivity index (χ1n) is 6.76. The predicted octanol–water partition coefficient (Wildman–Crippen LogP) is 0.564. The first-order chi connectivity index (χ1) is 9.63. The SMILES string of the molecule is C=CCN(CC=C)C(=O)CC1NCCN(CC=C)C1=O. The van der Waals surface area contributed by atoms with Gasteiger partial charge in [0.05, 0.1) is 12.5 Å². The van der Waals surface area contributed by atoms with Crippen LogP contribution in [0.15, 0.2) is 38.0 Å². The van der Waals surface area contributed by atoms with E-state index in [-0.39, 0.29) is 18.2 Å². The van der Waals surface area contributed by atoms with Gasteiger partial charge in [-0.2, -0.15) is 0 Å². The number of amides is 2. The largest absolute Gasteiger partial charge is 0.336 e. The van der Waals surface area contributed by atoms with Gasteiger partial charge in [-0.1, -0.05) is 18.2 Å². The highest BCUT2D eigenvalue weighted by Crippen LogP contribution is 2.07. The summed E-state index contributed by atoms with van der Waals surface area (Å²) in [6, 6.07) is -0.451. The topological polar surface area (TPSA) is 52.7 Å². The monoisotopic (exact) mass is 277 g/mol. The van der Waals surface area contributed by atoms with Crippen molar-refractivity contribution in [3.63, 3.8) is 0 Å². The van der Waals surface area contributed by atoms with Crippen LogP contribution in [0.5, 0.6) is 0 Å². The molecule has 0 radical (unpaired) electrons. The smallest absolute Gasteiger partial charge is 0.240 e. The molecule has 1 rings (SSSR count). The summed E-state index contributed by atoms with van der Waals surface area (Å²) < 4.78 is 0. The molecule has 1 saturated heterocycles. The Hall–Kier alpha value is -1.88. The molecule has 1 unspecified atom stereocenters. The van der Waals surface area contributed by atoms with E-state index in [4.69, 9.17) is 0 Å². The van der Waals surface area contributed by atoms with Crippen molar-refractivity contribution in [2.75, 3.05) is 32.7 Å². The summed E-state index contributed by atoms with van der Waals surface area (Å²) in [4.78, 5) is 27.7. The van der Waals surface area contributed by atoms with Gasteiger partial charge in [-0.15, -0.1) is 19.7 Å². The highest BCUT2D eigenvalue weighted by Gasteiger charge is 2.30. The van der Waals surface area contributed by atoms with Crippen LogP contribution in [-0.2, 0) is 9.59 Å². The third kappa shape index (κ3) is 4.35. The van der Waals surface area contributed by atoms with Crippen LogP contribution >= 0.6 is 0 Å². The van der Waals surface area contributed by atoms with Crippen LogP contribution in [0.4, 0.5) is 0 Å². The Labute approximate surface area is 120 Å². The number of carbonyl (C=O) groups is 2. The quantitative estimate of drug-likeness (QED) is 0.660. The summed E-state index contributed by atoms with van der Waals surface area (Å²) in [7, 11) is 0. The van der Waals surface area contributed by atoms with Gasteiger partial charge in [0.25, 0.3) is 0 Å². The number of nitrogens with one attached hydrogen (secondary N) is 1. The van der Waals surface area contributed by atoms with Crippen molar-refractivity contribution in [3.05, 3.63) is 38.0 Å². The fourth-order valence-corrected chi connectivity index (χ4v) is 2.18. The third-order valence-corrected chi connectivity index (χ3v) is 3.16. The van der Waals surface area contributed by atoms with Gasteiger partial charge in [0, 0.05) is 32.7 Å². The highest BCUT2D eigenvalue weighted by atomic mass is 16.2. The molecule has 0 aromatic heterocycles. The van der Waals surface area contributed by atoms with Crippen LogP contribution < -0.4 is 5.32 Å². The average molecular weight is 277 g/mol. The molecule has 110 valence electrons. The van der Waals surface area contributed by atoms with Gasteiger partial charge < -0.3 is 15.1 Å². The Morgan fingerprint density at radius 2 is 1.95 bits per heavy atom. The number of rotatable bonds is 8. The molecule has 1 aliphatic heterocycles. The van der Waals surface area contributed by atoms with Gasteiger partial charge in [-0.25, -0.2) is 0 Å². The second-order valence-electron chi connectivity index (χ2n) is 4.66. The maximum atomic E-state index is 12.2. The van der Waals surface area contributed by atoms with Gasteiger partial charge in [-0.05, 0) is 0 Å². The van der Waals surface area contributed by atoms with E-state index in [9.17, 15) is 9.59 Å². The molecule has 0 bridgehead atoms. The minimum Gasteiger partial charge on any atom is -0.336 e. The Morgan fingerprint density at radius 1 is 1.30 bits per heavy atom. The molecule has 1 N–H and O–H groups in total. The molecule has 0 aliphatic carbocycles. The van der Waals surface area contributed by atoms with Crippen molar-refractivity contribution in [1.29, 1.82) is 0 Å². The summed E-state index contributed by atoms with van der Waals surface area (Å²) in [6.45, 7) is 13.7. The predicted molar refractivity (Wildman–Crippen MR) is 80.2 cm³/mol. The molecule has 1 aliphatic rings. The van der Waals surface area contributed by atoms with E-state index < -0.39 is 6.04 Å². The van der Waals surface area contributed by atoms with Crippen molar-refractivity contribution in [1.82, 2.24) is 15.1 Å². The van der Waals surface area contributed by atoms with Gasteiger partial charge >= 0.3 is 0 Å². The number of nitrogens with zero attached hydrogens (tertiary/aromatic N) is 2. The van der Waals surface area contributed by atoms with Crippen LogP contribution in [0.3, 0.4) is 0 Å². The van der Waals surface area contributed by atoms with Gasteiger partial charge in [0.15, 0.2) is 0 Å². The lowest BCUT2D eigenvalue weighted by Gasteiger charge is -2.33. The zero-order valence-corrected chi connectivity index (χ0v) is 11.9. The van der Waals surface area contributed by atoms with Crippen molar-refractivity contribution in [2.24, 2.45) is 0 Å². The number of piperazine rings is 1. The Balaban J connectivity index is 2.62. The zero-order chi connectivity index (χ0) is 15.0. The van der Waals surface area contributed by atoms with E-state index in [0.29, 0.717) is 32.7 Å². The van der Waals surface area contributed by atoms with Crippen molar-refractivity contribution in [2.45, 2.75) is 12.5 Å². The summed E-state index contributed by atoms with van der Waals surface area (Å²) >= 11 is 0. The Morgan fingerprint density at radius 3 is 2.50 bits per heavy atom. The lowest BCUT2D eigenvalue weighted by atomic mass is 10.1. The first-order valence-corrected chi connectivity index (χ1v) is 6.76. The van der Waals surface area contributed by atoms with E-state index in [1.807, 2.05) is 0 Å². The van der Waals surface area contributed by atoms with Crippen molar-refractivity contribution >= 4 is 11.8 Å². The fraction of sp³-hybridized carbons (Fsp3) is 0.467. The van der Waals surface area contributed by atoms with Gasteiger partial charge in [-0.3, -0.25) is 9.59 Å². The number of hydrogen-bond donors (Lipinski definition) is 1. The standard InChI is InChI=1S/C15H23N3O2/c1-4-8-17(9-5-2)14(19)12-13-15(20)18(10-6-3)11-7-16-13/h4-6,13,16H,1-3,7-12H2. The minimum absolute atomic E-state index is 0.0401. The molecular formula is C15H23N3O2. The molecule has 5 nitrogen and oxygen atoms in total. The normalized spacial score (nSPS) is 18.5. The van der Waals surface area contributed by atoms with Gasteiger partial charge in [0.2, 0.25) is 11.8 Å². The van der Waals surface area contributed by atoms with Crippen LogP contribution in [0.2, 0.25) is 0 Å². The van der Waals surface area contributed by atoms with Gasteiger partial charge in [0.1, 0.15) is 0 Å². The Kier molecular flexibility index (Phi) is 6.73. The lowest BCUT2D eigenvalue weighted by molar-refractivity contribution is -0.140. The molecule has 0 saturated carbocycles. The summed E-state index contributed by atoms with van der Waals surface area (Å²) in [5.41, 5.74) is 0. The number of hydrogen-bond acceptors (Lipinski definition) is 3. The summed E-state index contributed by atoms with van der Waals surface area (Å²) in [5.74, 6) is -0.113. The second kappa shape index (κ2) is 8.32. The van der Waals surface area contributed by atoms with E-state index in [1.165, 1.54) is 0 Å². The molecule has 1 heterocycles. The summed E-state index contributed by atoms with van der Waals surface area (Å²) in [5, 5.41) is 3.10. The highest BCUT2D eigenvalue weighted by molar-refractivity contribution is 5.89. The molecule has 0 spiro atoms. The molecule has 0 aromatic rings. The first kappa shape index (κ1) is 16.2. The van der Waals surface area contributed by atoms with Crippen molar-refractivity contribution in [3.8, 4) is 0 Å². The van der Waals surface area contributed by atoms with E-state index in [1.54, 1.807) is 28.0 Å². The van der Waals surface area contributed by atoms with Crippen LogP contribution in [-0.4, -0.2) is 60.4 Å². The molecule has 1 fully saturated rings. The van der Waals surface area contributed by atoms with E-state index in [2.05, 4.69) is 25.1 Å². The van der Waals surface area contributed by atoms with Crippen molar-refractivity contribution < 1.29 is 9.59 Å². The average Bonchev–Trinajstić information content (AvgIpc) is 2.43.